The van der Waals surface area contributed by atoms with E-state index in [4.69, 9.17) is 4.74 Å². The second-order valence-electron chi connectivity index (χ2n) is 9.97. The van der Waals surface area contributed by atoms with Crippen LogP contribution in [0.3, 0.4) is 0 Å². The molecule has 1 aliphatic heterocycles. The number of amides is 2. The Morgan fingerprint density at radius 3 is 1.69 bits per heavy atom. The van der Waals surface area contributed by atoms with Crippen molar-refractivity contribution in [2.45, 2.75) is 31.6 Å². The van der Waals surface area contributed by atoms with Gasteiger partial charge in [-0.3, -0.25) is 24.5 Å². The molecule has 8 heteroatoms. The maximum absolute atomic E-state index is 14.1. The minimum absolute atomic E-state index is 0.0849. The molecule has 3 aromatic carbocycles. The summed E-state index contributed by atoms with van der Waals surface area (Å²) in [5, 5.41) is 11.7. The Kier molecular flexibility index (Phi) is 4.37. The van der Waals surface area contributed by atoms with Gasteiger partial charge < -0.3 is 4.74 Å². The monoisotopic (exact) mass is 482 g/mol. The number of nitro groups is 1. The number of ether oxygens (including phenoxy) is 1. The van der Waals surface area contributed by atoms with Crippen molar-refractivity contribution in [3.05, 3.63) is 99.1 Å². The van der Waals surface area contributed by atoms with Crippen LogP contribution in [0.15, 0.2) is 66.7 Å². The highest BCUT2D eigenvalue weighted by Crippen LogP contribution is 2.66. The standard InChI is InChI=1S/C28H22N2O6/c1-15(31)36-22-13-12-16(14-21(22)30(34)35)29-25(32)23-24(26(29)33)28(3)19-10-6-4-8-17(19)27(23,2)18-9-5-7-11-20(18)28/h4-14,23-24H,1-3H3/t23-,24+,27?,28?. The van der Waals surface area contributed by atoms with Gasteiger partial charge >= 0.3 is 11.7 Å². The Balaban J connectivity index is 1.56. The number of anilines is 1. The Labute approximate surface area is 206 Å². The van der Waals surface area contributed by atoms with Gasteiger partial charge in [0.1, 0.15) is 0 Å². The molecule has 1 heterocycles. The van der Waals surface area contributed by atoms with Crippen LogP contribution in [0.5, 0.6) is 5.75 Å². The van der Waals surface area contributed by atoms with Crippen LogP contribution in [0.25, 0.3) is 0 Å². The van der Waals surface area contributed by atoms with Crippen LogP contribution in [-0.4, -0.2) is 22.7 Å². The number of benzene rings is 3. The highest BCUT2D eigenvalue weighted by atomic mass is 16.6. The molecular formula is C28H22N2O6. The van der Waals surface area contributed by atoms with Gasteiger partial charge in [-0.2, -0.15) is 0 Å². The molecule has 2 bridgehead atoms. The van der Waals surface area contributed by atoms with E-state index in [2.05, 4.69) is 0 Å². The van der Waals surface area contributed by atoms with Gasteiger partial charge in [-0.05, 0) is 34.4 Å². The highest BCUT2D eigenvalue weighted by molar-refractivity contribution is 6.24. The molecule has 4 aliphatic rings. The summed E-state index contributed by atoms with van der Waals surface area (Å²) in [7, 11) is 0. The molecule has 0 aromatic heterocycles. The maximum Gasteiger partial charge on any atom is 0.313 e. The summed E-state index contributed by atoms with van der Waals surface area (Å²) in [6.07, 6.45) is 0. The van der Waals surface area contributed by atoms with Crippen LogP contribution in [0, 0.1) is 22.0 Å². The van der Waals surface area contributed by atoms with Gasteiger partial charge in [0.15, 0.2) is 0 Å². The molecule has 36 heavy (non-hydrogen) atoms. The van der Waals surface area contributed by atoms with Crippen LogP contribution in [0.2, 0.25) is 0 Å². The quantitative estimate of drug-likeness (QED) is 0.181. The minimum atomic E-state index is -0.749. The summed E-state index contributed by atoms with van der Waals surface area (Å²) >= 11 is 0. The number of imide groups is 1. The van der Waals surface area contributed by atoms with Crippen LogP contribution >= 0.6 is 0 Å². The first-order valence-corrected chi connectivity index (χ1v) is 11.7. The zero-order chi connectivity index (χ0) is 25.6. The zero-order valence-electron chi connectivity index (χ0n) is 19.8. The van der Waals surface area contributed by atoms with Crippen LogP contribution < -0.4 is 9.64 Å². The average Bonchev–Trinajstić information content (AvgIpc) is 3.13. The van der Waals surface area contributed by atoms with E-state index in [-0.39, 0.29) is 11.4 Å². The second-order valence-corrected chi connectivity index (χ2v) is 9.97. The number of rotatable bonds is 3. The first-order chi connectivity index (χ1) is 17.1. The van der Waals surface area contributed by atoms with Gasteiger partial charge in [-0.1, -0.05) is 62.4 Å². The van der Waals surface area contributed by atoms with E-state index >= 15 is 0 Å². The molecule has 0 unspecified atom stereocenters. The lowest BCUT2D eigenvalue weighted by Gasteiger charge is -2.57. The lowest BCUT2D eigenvalue weighted by atomic mass is 9.42. The molecule has 3 aromatic rings. The number of carbonyl (C=O) groups excluding carboxylic acids is 3. The van der Waals surface area contributed by atoms with Gasteiger partial charge in [-0.25, -0.2) is 4.90 Å². The fourth-order valence-corrected chi connectivity index (χ4v) is 6.85. The van der Waals surface area contributed by atoms with Crippen LogP contribution in [0.4, 0.5) is 11.4 Å². The van der Waals surface area contributed by atoms with Gasteiger partial charge in [0.25, 0.3) is 0 Å². The van der Waals surface area contributed by atoms with Crippen LogP contribution in [0.1, 0.15) is 43.0 Å². The molecule has 0 radical (unpaired) electrons. The van der Waals surface area contributed by atoms with Crippen molar-refractivity contribution in [1.29, 1.82) is 0 Å². The van der Waals surface area contributed by atoms with E-state index in [1.165, 1.54) is 12.1 Å². The first kappa shape index (κ1) is 22.2. The fraction of sp³-hybridized carbons (Fsp3) is 0.250. The molecule has 2 amide bonds. The molecule has 8 nitrogen and oxygen atoms in total. The Morgan fingerprint density at radius 1 is 0.861 bits per heavy atom. The van der Waals surface area contributed by atoms with Crippen molar-refractivity contribution < 1.29 is 24.0 Å². The average molecular weight is 482 g/mol. The third kappa shape index (κ3) is 2.50. The van der Waals surface area contributed by atoms with Gasteiger partial charge in [0.05, 0.1) is 22.4 Å². The molecule has 1 saturated heterocycles. The Morgan fingerprint density at radius 2 is 1.31 bits per heavy atom. The topological polar surface area (TPSA) is 107 Å². The summed E-state index contributed by atoms with van der Waals surface area (Å²) in [6, 6.07) is 19.7. The van der Waals surface area contributed by atoms with Crippen molar-refractivity contribution in [3.8, 4) is 5.75 Å². The third-order valence-electron chi connectivity index (χ3n) is 8.29. The number of hydrogen-bond acceptors (Lipinski definition) is 6. The lowest BCUT2D eigenvalue weighted by Crippen LogP contribution is -2.59. The molecule has 7 rings (SSSR count). The molecule has 2 atom stereocenters. The van der Waals surface area contributed by atoms with E-state index in [1.54, 1.807) is 0 Å². The minimum Gasteiger partial charge on any atom is -0.419 e. The zero-order valence-corrected chi connectivity index (χ0v) is 19.8. The third-order valence-corrected chi connectivity index (χ3v) is 8.29. The molecule has 1 fully saturated rings. The van der Waals surface area contributed by atoms with E-state index in [0.717, 1.165) is 40.1 Å². The fourth-order valence-electron chi connectivity index (χ4n) is 6.85. The number of esters is 1. The summed E-state index contributed by atoms with van der Waals surface area (Å²) in [5.41, 5.74) is 2.17. The van der Waals surface area contributed by atoms with E-state index in [9.17, 15) is 24.5 Å². The molecule has 180 valence electrons. The van der Waals surface area contributed by atoms with E-state index in [0.29, 0.717) is 0 Å². The van der Waals surface area contributed by atoms with Gasteiger partial charge in [0, 0.05) is 23.8 Å². The van der Waals surface area contributed by atoms with Crippen molar-refractivity contribution in [2.75, 3.05) is 4.90 Å². The SMILES string of the molecule is CC(=O)Oc1ccc(N2C(=O)[C@@H]3[C@H](C2=O)C2(C)c4ccccc4C3(C)c3ccccc32)cc1[N+](=O)[O-]. The predicted octanol–water partition coefficient (Wildman–Crippen LogP) is 4.26. The number of hydrogen-bond donors (Lipinski definition) is 0. The summed E-state index contributed by atoms with van der Waals surface area (Å²) in [6.45, 7) is 5.17. The summed E-state index contributed by atoms with van der Waals surface area (Å²) in [4.78, 5) is 51.7. The number of carbonyl (C=O) groups is 3. The molecule has 0 spiro atoms. The van der Waals surface area contributed by atoms with Gasteiger partial charge in [-0.15, -0.1) is 0 Å². The maximum atomic E-state index is 14.1. The van der Waals surface area contributed by atoms with Crippen molar-refractivity contribution >= 4 is 29.2 Å². The first-order valence-electron chi connectivity index (χ1n) is 11.7. The highest BCUT2D eigenvalue weighted by Gasteiger charge is 2.70. The van der Waals surface area contributed by atoms with Crippen molar-refractivity contribution in [3.63, 3.8) is 0 Å². The predicted molar refractivity (Wildman–Crippen MR) is 130 cm³/mol. The Hall–Kier alpha value is -4.33. The lowest BCUT2D eigenvalue weighted by molar-refractivity contribution is -0.385. The molecule has 0 saturated carbocycles. The molecular weight excluding hydrogens is 460 g/mol. The molecule has 0 N–H and O–H groups in total. The van der Waals surface area contributed by atoms with Crippen molar-refractivity contribution in [2.24, 2.45) is 11.8 Å². The van der Waals surface area contributed by atoms with Crippen LogP contribution in [-0.2, 0) is 25.2 Å². The number of nitro benzene ring substituents is 1. The van der Waals surface area contributed by atoms with Crippen molar-refractivity contribution in [1.82, 2.24) is 0 Å². The smallest absolute Gasteiger partial charge is 0.313 e. The molecule has 3 aliphatic carbocycles. The van der Waals surface area contributed by atoms with Gasteiger partial charge in [0.2, 0.25) is 17.6 Å². The number of nitrogens with zero attached hydrogens (tertiary/aromatic N) is 2. The van der Waals surface area contributed by atoms with E-state index in [1.807, 2.05) is 62.4 Å². The summed E-state index contributed by atoms with van der Waals surface area (Å²) in [5.74, 6) is -3.08. The largest absolute Gasteiger partial charge is 0.419 e. The normalized spacial score (nSPS) is 27.4. The second kappa shape index (κ2) is 7.10. The Bertz CT molecular complexity index is 1400. The van der Waals surface area contributed by atoms with E-state index < -0.39 is 51.1 Å². The summed E-state index contributed by atoms with van der Waals surface area (Å²) < 4.78 is 4.96.